The lowest BCUT2D eigenvalue weighted by Gasteiger charge is -2.17. The Bertz CT molecular complexity index is 842. The van der Waals surface area contributed by atoms with E-state index in [0.717, 1.165) is 11.3 Å². The van der Waals surface area contributed by atoms with Gasteiger partial charge in [0.2, 0.25) is 11.8 Å². The summed E-state index contributed by atoms with van der Waals surface area (Å²) in [5.41, 5.74) is 1.44. The van der Waals surface area contributed by atoms with Crippen molar-refractivity contribution in [2.24, 2.45) is 5.92 Å². The summed E-state index contributed by atoms with van der Waals surface area (Å²) >= 11 is 5.79. The highest BCUT2D eigenvalue weighted by atomic mass is 35.5. The molecule has 0 bridgehead atoms. The standard InChI is InChI=1S/C20H20ClFN2O3/c1-2-27-16-6-3-13(4-7-16)11-23-20(26)14-9-19(25)24(12-14)15-5-8-18(22)17(21)10-15/h3-8,10,14H,2,9,11-12H2,1H3,(H,23,26). The number of ether oxygens (including phenoxy) is 1. The first-order valence-electron chi connectivity index (χ1n) is 8.72. The van der Waals surface area contributed by atoms with Gasteiger partial charge in [-0.15, -0.1) is 0 Å². The number of nitrogens with zero attached hydrogens (tertiary/aromatic N) is 1. The Labute approximate surface area is 162 Å². The Kier molecular flexibility index (Phi) is 5.96. The van der Waals surface area contributed by atoms with Gasteiger partial charge in [-0.3, -0.25) is 9.59 Å². The Morgan fingerprint density at radius 3 is 2.70 bits per heavy atom. The van der Waals surface area contributed by atoms with Crippen molar-refractivity contribution < 1.29 is 18.7 Å². The van der Waals surface area contributed by atoms with Gasteiger partial charge in [0, 0.05) is 25.2 Å². The summed E-state index contributed by atoms with van der Waals surface area (Å²) in [4.78, 5) is 26.1. The van der Waals surface area contributed by atoms with E-state index in [1.54, 1.807) is 0 Å². The largest absolute Gasteiger partial charge is 0.494 e. The Balaban J connectivity index is 1.57. The number of rotatable bonds is 6. The lowest BCUT2D eigenvalue weighted by molar-refractivity contribution is -0.126. The summed E-state index contributed by atoms with van der Waals surface area (Å²) in [6.45, 7) is 3.13. The number of anilines is 1. The minimum atomic E-state index is -0.545. The number of hydrogen-bond donors (Lipinski definition) is 1. The van der Waals surface area contributed by atoms with Gasteiger partial charge in [-0.25, -0.2) is 4.39 Å². The second kappa shape index (κ2) is 8.39. The van der Waals surface area contributed by atoms with Crippen molar-refractivity contribution in [2.45, 2.75) is 19.9 Å². The Morgan fingerprint density at radius 1 is 1.30 bits per heavy atom. The van der Waals surface area contributed by atoms with Crippen molar-refractivity contribution in [3.63, 3.8) is 0 Å². The highest BCUT2D eigenvalue weighted by Crippen LogP contribution is 2.28. The normalized spacial score (nSPS) is 16.5. The summed E-state index contributed by atoms with van der Waals surface area (Å²) in [5, 5.41) is 2.81. The number of halogens is 2. The minimum Gasteiger partial charge on any atom is -0.494 e. The van der Waals surface area contributed by atoms with Crippen LogP contribution in [0.15, 0.2) is 42.5 Å². The molecule has 3 rings (SSSR count). The van der Waals surface area contributed by atoms with E-state index < -0.39 is 11.7 Å². The Morgan fingerprint density at radius 2 is 2.04 bits per heavy atom. The van der Waals surface area contributed by atoms with Crippen LogP contribution in [0.25, 0.3) is 0 Å². The zero-order chi connectivity index (χ0) is 19.4. The van der Waals surface area contributed by atoms with Gasteiger partial charge in [0.05, 0.1) is 17.5 Å². The first-order valence-corrected chi connectivity index (χ1v) is 9.10. The molecular formula is C20H20ClFN2O3. The van der Waals surface area contributed by atoms with E-state index in [1.165, 1.54) is 23.1 Å². The van der Waals surface area contributed by atoms with Crippen molar-refractivity contribution in [2.75, 3.05) is 18.1 Å². The smallest absolute Gasteiger partial charge is 0.227 e. The number of nitrogens with one attached hydrogen (secondary N) is 1. The molecule has 2 aromatic rings. The van der Waals surface area contributed by atoms with E-state index in [-0.39, 0.29) is 29.8 Å². The highest BCUT2D eigenvalue weighted by molar-refractivity contribution is 6.31. The first kappa shape index (κ1) is 19.2. The zero-order valence-electron chi connectivity index (χ0n) is 14.9. The van der Waals surface area contributed by atoms with Gasteiger partial charge in [0.25, 0.3) is 0 Å². The van der Waals surface area contributed by atoms with E-state index >= 15 is 0 Å². The third-order valence-corrected chi connectivity index (χ3v) is 4.70. The molecule has 7 heteroatoms. The van der Waals surface area contributed by atoms with Gasteiger partial charge in [-0.1, -0.05) is 23.7 Å². The van der Waals surface area contributed by atoms with Crippen LogP contribution in [-0.4, -0.2) is 25.0 Å². The maximum absolute atomic E-state index is 13.3. The van der Waals surface area contributed by atoms with E-state index in [2.05, 4.69) is 5.32 Å². The molecule has 1 saturated heterocycles. The summed E-state index contributed by atoms with van der Waals surface area (Å²) in [6, 6.07) is 11.6. The summed E-state index contributed by atoms with van der Waals surface area (Å²) in [7, 11) is 0. The third-order valence-electron chi connectivity index (χ3n) is 4.41. The number of amides is 2. The lowest BCUT2D eigenvalue weighted by atomic mass is 10.1. The Hall–Kier alpha value is -2.60. The van der Waals surface area contributed by atoms with Crippen molar-refractivity contribution in [3.8, 4) is 5.75 Å². The van der Waals surface area contributed by atoms with Crippen molar-refractivity contribution in [1.29, 1.82) is 0 Å². The molecule has 142 valence electrons. The van der Waals surface area contributed by atoms with Crippen LogP contribution in [0.5, 0.6) is 5.75 Å². The molecule has 1 aliphatic heterocycles. The molecule has 2 aromatic carbocycles. The lowest BCUT2D eigenvalue weighted by Crippen LogP contribution is -2.32. The van der Waals surface area contributed by atoms with Gasteiger partial charge in [0.15, 0.2) is 0 Å². The molecule has 0 aromatic heterocycles. The summed E-state index contributed by atoms with van der Waals surface area (Å²) in [5.74, 6) is -0.588. The first-order chi connectivity index (χ1) is 13.0. The van der Waals surface area contributed by atoms with Crippen molar-refractivity contribution >= 4 is 29.1 Å². The molecule has 1 aliphatic rings. The minimum absolute atomic E-state index is 0.0521. The number of carbonyl (C=O) groups excluding carboxylic acids is 2. The quantitative estimate of drug-likeness (QED) is 0.820. The fraction of sp³-hybridized carbons (Fsp3) is 0.300. The van der Waals surface area contributed by atoms with Crippen LogP contribution in [0.1, 0.15) is 18.9 Å². The highest BCUT2D eigenvalue weighted by Gasteiger charge is 2.35. The van der Waals surface area contributed by atoms with Crippen molar-refractivity contribution in [1.82, 2.24) is 5.32 Å². The molecule has 0 aliphatic carbocycles. The molecule has 1 fully saturated rings. The predicted molar refractivity (Wildman–Crippen MR) is 101 cm³/mol. The topological polar surface area (TPSA) is 58.6 Å². The third kappa shape index (κ3) is 4.57. The maximum atomic E-state index is 13.3. The molecule has 1 atom stereocenters. The molecular weight excluding hydrogens is 371 g/mol. The van der Waals surface area contributed by atoms with Crippen LogP contribution < -0.4 is 15.0 Å². The van der Waals surface area contributed by atoms with Crippen LogP contribution in [0, 0.1) is 11.7 Å². The number of carbonyl (C=O) groups is 2. The van der Waals surface area contributed by atoms with Gasteiger partial charge >= 0.3 is 0 Å². The molecule has 0 spiro atoms. The predicted octanol–water partition coefficient (Wildman–Crippen LogP) is 3.55. The molecule has 1 N–H and O–H groups in total. The van der Waals surface area contributed by atoms with E-state index in [0.29, 0.717) is 18.8 Å². The van der Waals surface area contributed by atoms with Gasteiger partial charge in [-0.2, -0.15) is 0 Å². The second-order valence-electron chi connectivity index (χ2n) is 6.30. The molecule has 1 heterocycles. The van der Waals surface area contributed by atoms with Crippen LogP contribution >= 0.6 is 11.6 Å². The zero-order valence-corrected chi connectivity index (χ0v) is 15.6. The van der Waals surface area contributed by atoms with E-state index in [1.807, 2.05) is 31.2 Å². The molecule has 0 saturated carbocycles. The molecule has 2 amide bonds. The second-order valence-corrected chi connectivity index (χ2v) is 6.71. The number of benzene rings is 2. The maximum Gasteiger partial charge on any atom is 0.227 e. The molecule has 5 nitrogen and oxygen atoms in total. The average molecular weight is 391 g/mol. The van der Waals surface area contributed by atoms with Crippen LogP contribution in [0.2, 0.25) is 5.02 Å². The van der Waals surface area contributed by atoms with Crippen molar-refractivity contribution in [3.05, 3.63) is 58.9 Å². The summed E-state index contributed by atoms with van der Waals surface area (Å²) < 4.78 is 18.7. The monoisotopic (exact) mass is 390 g/mol. The average Bonchev–Trinajstić information content (AvgIpc) is 3.05. The fourth-order valence-electron chi connectivity index (χ4n) is 2.99. The van der Waals surface area contributed by atoms with Gasteiger partial charge < -0.3 is 15.0 Å². The van der Waals surface area contributed by atoms with Crippen LogP contribution in [0.3, 0.4) is 0 Å². The van der Waals surface area contributed by atoms with E-state index in [4.69, 9.17) is 16.3 Å². The summed E-state index contributed by atoms with van der Waals surface area (Å²) in [6.07, 6.45) is 0.115. The van der Waals surface area contributed by atoms with Gasteiger partial charge in [0.1, 0.15) is 11.6 Å². The van der Waals surface area contributed by atoms with Gasteiger partial charge in [-0.05, 0) is 42.8 Å². The fourth-order valence-corrected chi connectivity index (χ4v) is 3.16. The molecule has 0 radical (unpaired) electrons. The van der Waals surface area contributed by atoms with Crippen LogP contribution in [-0.2, 0) is 16.1 Å². The van der Waals surface area contributed by atoms with E-state index in [9.17, 15) is 14.0 Å². The molecule has 1 unspecified atom stereocenters. The SMILES string of the molecule is CCOc1ccc(CNC(=O)C2CC(=O)N(c3ccc(F)c(Cl)c3)C2)cc1. The van der Waals surface area contributed by atoms with Crippen LogP contribution in [0.4, 0.5) is 10.1 Å². The molecule has 27 heavy (non-hydrogen) atoms. The number of hydrogen-bond acceptors (Lipinski definition) is 3.